The number of carbonyl (C=O) groups is 1. The highest BCUT2D eigenvalue weighted by Gasteiger charge is 2.21. The summed E-state index contributed by atoms with van der Waals surface area (Å²) in [7, 11) is 1.89. The molecule has 0 aromatic carbocycles. The van der Waals surface area contributed by atoms with E-state index in [0.29, 0.717) is 51.5 Å². The number of nitrogens with one attached hydrogen (secondary N) is 3. The number of aliphatic hydroxyl groups excluding tert-OH is 1. The van der Waals surface area contributed by atoms with Crippen molar-refractivity contribution in [3.63, 3.8) is 0 Å². The van der Waals surface area contributed by atoms with Gasteiger partial charge in [0.2, 0.25) is 0 Å². The first kappa shape index (κ1) is 30.3. The van der Waals surface area contributed by atoms with Crippen LogP contribution in [0.3, 0.4) is 0 Å². The fraction of sp³-hybridized carbons (Fsp3) is 0.500. The number of H-pyrrole nitrogens is 2. The lowest BCUT2D eigenvalue weighted by Crippen LogP contribution is -2.45. The number of rotatable bonds is 9. The van der Waals surface area contributed by atoms with Crippen LogP contribution in [0.2, 0.25) is 0 Å². The molecule has 1 atom stereocenters. The van der Waals surface area contributed by atoms with Crippen molar-refractivity contribution >= 4 is 50.6 Å². The first-order valence-corrected chi connectivity index (χ1v) is 16.2. The second kappa shape index (κ2) is 13.1. The number of aryl methyl sites for hydroxylation is 1. The number of nitrogens with zero attached hydrogens (tertiary/aromatic N) is 8. The molecule has 0 aliphatic carbocycles. The average Bonchev–Trinajstić information content (AvgIpc) is 3.40. The van der Waals surface area contributed by atoms with Crippen molar-refractivity contribution in [1.29, 1.82) is 0 Å². The Morgan fingerprint density at radius 3 is 2.87 bits per heavy atom. The fourth-order valence-corrected chi connectivity index (χ4v) is 6.57. The Bertz CT molecular complexity index is 1920. The van der Waals surface area contributed by atoms with Crippen molar-refractivity contribution < 1.29 is 14.6 Å². The van der Waals surface area contributed by atoms with Crippen LogP contribution in [0.5, 0.6) is 0 Å². The Kier molecular flexibility index (Phi) is 8.65. The average molecular weight is 628 g/mol. The predicted molar refractivity (Wildman–Crippen MR) is 175 cm³/mol. The molecule has 7 heterocycles. The van der Waals surface area contributed by atoms with Crippen LogP contribution in [0, 0.1) is 5.92 Å². The molecular formula is C32H41N11O3. The summed E-state index contributed by atoms with van der Waals surface area (Å²) in [5.74, 6) is 1.26. The van der Waals surface area contributed by atoms with Crippen LogP contribution >= 0.6 is 0 Å². The monoisotopic (exact) mass is 627 g/mol. The van der Waals surface area contributed by atoms with Gasteiger partial charge in [-0.15, -0.1) is 0 Å². The largest absolute Gasteiger partial charge is 0.396 e. The number of morpholine rings is 1. The van der Waals surface area contributed by atoms with E-state index < -0.39 is 0 Å². The normalized spacial score (nSPS) is 18.7. The van der Waals surface area contributed by atoms with Crippen LogP contribution in [0.4, 0.5) is 11.5 Å². The van der Waals surface area contributed by atoms with Gasteiger partial charge in [0.05, 0.1) is 34.9 Å². The summed E-state index contributed by atoms with van der Waals surface area (Å²) in [6.07, 6.45) is 7.54. The van der Waals surface area contributed by atoms with E-state index >= 15 is 0 Å². The summed E-state index contributed by atoms with van der Waals surface area (Å²) in [6.45, 7) is 8.00. The molecule has 0 saturated carbocycles. The molecule has 5 aromatic rings. The van der Waals surface area contributed by atoms with Crippen LogP contribution in [0.15, 0.2) is 35.6 Å². The predicted octanol–water partition coefficient (Wildman–Crippen LogP) is 2.39. The zero-order chi connectivity index (χ0) is 31.6. The maximum Gasteiger partial charge on any atom is 0.252 e. The van der Waals surface area contributed by atoms with E-state index in [1.165, 1.54) is 0 Å². The number of amides is 1. The van der Waals surface area contributed by atoms with Gasteiger partial charge in [0.1, 0.15) is 22.5 Å². The lowest BCUT2D eigenvalue weighted by Gasteiger charge is -2.32. The molecule has 2 saturated heterocycles. The molecule has 2 aliphatic rings. The van der Waals surface area contributed by atoms with Crippen molar-refractivity contribution in [3.8, 4) is 0 Å². The molecule has 0 spiro atoms. The van der Waals surface area contributed by atoms with E-state index in [9.17, 15) is 9.90 Å². The number of hydrogen-bond acceptors (Lipinski definition) is 10. The summed E-state index contributed by atoms with van der Waals surface area (Å²) in [6, 6.07) is 5.63. The minimum absolute atomic E-state index is 0.171. The highest BCUT2D eigenvalue weighted by molar-refractivity contribution is 6.13. The van der Waals surface area contributed by atoms with E-state index in [0.717, 1.165) is 81.9 Å². The number of aromatic nitrogens is 7. The summed E-state index contributed by atoms with van der Waals surface area (Å²) in [5.41, 5.74) is 4.88. The van der Waals surface area contributed by atoms with Crippen LogP contribution < -0.4 is 15.8 Å². The number of carbonyl (C=O) groups excluding carboxylic acids is 1. The Labute approximate surface area is 265 Å². The molecule has 1 amide bonds. The molecule has 0 bridgehead atoms. The summed E-state index contributed by atoms with van der Waals surface area (Å²) < 4.78 is 7.58. The molecular weight excluding hydrogens is 586 g/mol. The Morgan fingerprint density at radius 1 is 1.17 bits per heavy atom. The van der Waals surface area contributed by atoms with Crippen molar-refractivity contribution in [1.82, 2.24) is 44.9 Å². The standard InChI is InChI=1S/C32H41N11O3/c1-3-23-19-42(13-15-46-23)12-9-34-31(45)21-16-24-27(35-18-21)28-26-29(37-24)40-41(2)30(26)39-32(38-28)36-22-4-8-33-25(17-22)43-10-5-20(6-11-43)7-14-44/h4,8,16-18,20,23,37,40,44H,3,5-7,9-15,19H2,1-2H3,(H,34,45)/t23-/m1/s1. The van der Waals surface area contributed by atoms with Gasteiger partial charge in [-0.3, -0.25) is 24.5 Å². The van der Waals surface area contributed by atoms with E-state index in [-0.39, 0.29) is 18.6 Å². The number of ether oxygens (including phenoxy) is 1. The molecule has 0 radical (unpaired) electrons. The third-order valence-corrected chi connectivity index (χ3v) is 9.19. The van der Waals surface area contributed by atoms with Gasteiger partial charge < -0.3 is 25.0 Å². The molecule has 5 aromatic heterocycles. The second-order valence-electron chi connectivity index (χ2n) is 12.2. The molecule has 14 heteroatoms. The van der Waals surface area contributed by atoms with E-state index in [2.05, 4.69) is 37.1 Å². The summed E-state index contributed by atoms with van der Waals surface area (Å²) in [5, 5.41) is 16.4. The van der Waals surface area contributed by atoms with Crippen LogP contribution in [-0.4, -0.2) is 109 Å². The maximum absolute atomic E-state index is 13.1. The number of anilines is 1. The highest BCUT2D eigenvalue weighted by atomic mass is 16.5. The molecule has 2 fully saturated rings. The van der Waals surface area contributed by atoms with Gasteiger partial charge in [-0.05, 0) is 43.7 Å². The number of aliphatic hydroxyl groups is 1. The van der Waals surface area contributed by atoms with Gasteiger partial charge in [0, 0.05) is 71.4 Å². The quantitative estimate of drug-likeness (QED) is 0.180. The van der Waals surface area contributed by atoms with Crippen LogP contribution in [0.1, 0.15) is 43.0 Å². The van der Waals surface area contributed by atoms with Crippen molar-refractivity contribution in [2.75, 3.05) is 57.4 Å². The maximum atomic E-state index is 13.1. The van der Waals surface area contributed by atoms with Gasteiger partial charge in [-0.2, -0.15) is 4.98 Å². The summed E-state index contributed by atoms with van der Waals surface area (Å²) >= 11 is 0. The number of hydrogen-bond donors (Lipinski definition) is 4. The molecule has 46 heavy (non-hydrogen) atoms. The molecule has 0 unspecified atom stereocenters. The number of fused-ring (bicyclic) bond motifs is 2. The third-order valence-electron chi connectivity index (χ3n) is 9.19. The number of aromatic amines is 2. The topological polar surface area (TPSA) is 165 Å². The van der Waals surface area contributed by atoms with E-state index in [1.54, 1.807) is 12.4 Å². The Balaban J connectivity index is 1.15. The second-order valence-corrected chi connectivity index (χ2v) is 12.2. The highest BCUT2D eigenvalue weighted by Crippen LogP contribution is 2.28. The lowest BCUT2D eigenvalue weighted by molar-refractivity contribution is -0.0289. The van der Waals surface area contributed by atoms with Crippen LogP contribution in [-0.2, 0) is 11.8 Å². The van der Waals surface area contributed by atoms with Crippen LogP contribution in [0.25, 0.3) is 33.2 Å². The van der Waals surface area contributed by atoms with Gasteiger partial charge in [-0.25, -0.2) is 15.0 Å². The Morgan fingerprint density at radius 2 is 2.04 bits per heavy atom. The zero-order valence-electron chi connectivity index (χ0n) is 26.4. The molecule has 7 rings (SSSR count). The van der Waals surface area contributed by atoms with Gasteiger partial charge in [0.15, 0.2) is 5.65 Å². The van der Waals surface area contributed by atoms with Gasteiger partial charge >= 0.3 is 0 Å². The van der Waals surface area contributed by atoms with E-state index in [4.69, 9.17) is 24.7 Å². The first-order chi connectivity index (χ1) is 22.5. The molecule has 14 nitrogen and oxygen atoms in total. The van der Waals surface area contributed by atoms with Gasteiger partial charge in [0.25, 0.3) is 11.5 Å². The minimum atomic E-state index is -0.171. The third kappa shape index (κ3) is 6.19. The SMILES string of the molecule is CC[C@@H]1CN(CCNC(=O)c2cnc3c(c2)[nH]c2[nH]n(C)c4nc(=Nc5ccnc(N6CCC(CCO)CC6)c5)nc3c24)CCO1. The van der Waals surface area contributed by atoms with E-state index in [1.807, 2.05) is 29.9 Å². The lowest BCUT2D eigenvalue weighted by atomic mass is 9.94. The van der Waals surface area contributed by atoms with Crippen molar-refractivity contribution in [2.45, 2.75) is 38.7 Å². The first-order valence-electron chi connectivity index (χ1n) is 16.2. The van der Waals surface area contributed by atoms with Crippen molar-refractivity contribution in [2.24, 2.45) is 18.0 Å². The molecule has 2 aliphatic heterocycles. The molecule has 4 N–H and O–H groups in total. The number of piperidine rings is 1. The summed E-state index contributed by atoms with van der Waals surface area (Å²) in [4.78, 5) is 44.8. The Hall–Kier alpha value is -4.40. The smallest absolute Gasteiger partial charge is 0.252 e. The number of pyridine rings is 3. The van der Waals surface area contributed by atoms with Crippen molar-refractivity contribution in [3.05, 3.63) is 41.8 Å². The van der Waals surface area contributed by atoms with Gasteiger partial charge in [-0.1, -0.05) is 6.92 Å². The zero-order valence-corrected chi connectivity index (χ0v) is 26.4. The minimum Gasteiger partial charge on any atom is -0.396 e. The molecule has 242 valence electrons. The fourth-order valence-electron chi connectivity index (χ4n) is 6.57.